The van der Waals surface area contributed by atoms with Gasteiger partial charge in [-0.25, -0.2) is 0 Å². The molecule has 0 radical (unpaired) electrons. The number of nitrogens with one attached hydrogen (secondary N) is 1. The molecule has 0 aliphatic carbocycles. The van der Waals surface area contributed by atoms with Gasteiger partial charge in [0.2, 0.25) is 5.91 Å². The Bertz CT molecular complexity index is 581. The maximum absolute atomic E-state index is 11.6. The Kier molecular flexibility index (Phi) is 4.34. The van der Waals surface area contributed by atoms with Gasteiger partial charge in [0.1, 0.15) is 5.75 Å². The lowest BCUT2D eigenvalue weighted by Gasteiger charge is -2.06. The molecule has 0 aliphatic heterocycles. The van der Waals surface area contributed by atoms with Crippen LogP contribution in [0.2, 0.25) is 0 Å². The molecule has 0 spiro atoms. The number of fused-ring (bicyclic) bond motifs is 1. The predicted molar refractivity (Wildman–Crippen MR) is 76.4 cm³/mol. The number of hydrogen-bond donors (Lipinski definition) is 1. The Morgan fingerprint density at radius 1 is 1.37 bits per heavy atom. The number of ether oxygens (including phenoxy) is 1. The zero-order valence-electron chi connectivity index (χ0n) is 11.3. The summed E-state index contributed by atoms with van der Waals surface area (Å²) in [6.07, 6.45) is 4.15. The van der Waals surface area contributed by atoms with E-state index in [9.17, 15) is 4.79 Å². The van der Waals surface area contributed by atoms with E-state index in [0.29, 0.717) is 6.42 Å². The molecule has 0 saturated heterocycles. The fourth-order valence-corrected chi connectivity index (χ4v) is 1.86. The average Bonchev–Trinajstić information content (AvgIpc) is 2.44. The standard InChI is InChI=1S/C15H18N2O2/c1-3-4-5-15(18)17-12-8-11-6-7-13(19-2)9-14(11)16-10-12/h6-10H,3-5H2,1-2H3,(H,17,18). The summed E-state index contributed by atoms with van der Waals surface area (Å²) in [5.74, 6) is 0.816. The molecule has 0 fully saturated rings. The molecule has 0 unspecified atom stereocenters. The predicted octanol–water partition coefficient (Wildman–Crippen LogP) is 3.37. The number of methoxy groups -OCH3 is 1. The number of amides is 1. The van der Waals surface area contributed by atoms with Gasteiger partial charge in [-0.3, -0.25) is 9.78 Å². The number of hydrogen-bond acceptors (Lipinski definition) is 3. The van der Waals surface area contributed by atoms with Crippen LogP contribution < -0.4 is 10.1 Å². The minimum atomic E-state index is 0.0384. The lowest BCUT2D eigenvalue weighted by Crippen LogP contribution is -2.11. The Morgan fingerprint density at radius 2 is 2.21 bits per heavy atom. The van der Waals surface area contributed by atoms with E-state index in [2.05, 4.69) is 17.2 Å². The first-order valence-electron chi connectivity index (χ1n) is 6.46. The summed E-state index contributed by atoms with van der Waals surface area (Å²) >= 11 is 0. The fraction of sp³-hybridized carbons (Fsp3) is 0.333. The summed E-state index contributed by atoms with van der Waals surface area (Å²) in [6, 6.07) is 7.61. The third-order valence-electron chi connectivity index (χ3n) is 2.93. The second kappa shape index (κ2) is 6.18. The van der Waals surface area contributed by atoms with Crippen LogP contribution >= 0.6 is 0 Å². The van der Waals surface area contributed by atoms with E-state index in [0.717, 1.165) is 35.2 Å². The van der Waals surface area contributed by atoms with Gasteiger partial charge in [0.05, 0.1) is 24.5 Å². The summed E-state index contributed by atoms with van der Waals surface area (Å²) in [4.78, 5) is 16.0. The normalized spacial score (nSPS) is 10.4. The summed E-state index contributed by atoms with van der Waals surface area (Å²) in [6.45, 7) is 2.07. The molecule has 4 nitrogen and oxygen atoms in total. The molecule has 4 heteroatoms. The summed E-state index contributed by atoms with van der Waals surface area (Å²) in [5, 5.41) is 3.85. The molecule has 2 rings (SSSR count). The van der Waals surface area contributed by atoms with Gasteiger partial charge in [-0.1, -0.05) is 13.3 Å². The first kappa shape index (κ1) is 13.3. The number of benzene rings is 1. The molecule has 0 saturated carbocycles. The highest BCUT2D eigenvalue weighted by atomic mass is 16.5. The molecule has 0 atom stereocenters. The van der Waals surface area contributed by atoms with Crippen molar-refractivity contribution >= 4 is 22.5 Å². The van der Waals surface area contributed by atoms with Crippen molar-refractivity contribution in [2.75, 3.05) is 12.4 Å². The zero-order valence-corrected chi connectivity index (χ0v) is 11.3. The average molecular weight is 258 g/mol. The minimum Gasteiger partial charge on any atom is -0.497 e. The first-order chi connectivity index (χ1) is 9.22. The van der Waals surface area contributed by atoms with Crippen LogP contribution in [0.3, 0.4) is 0 Å². The molecule has 19 heavy (non-hydrogen) atoms. The molecule has 2 aromatic rings. The van der Waals surface area contributed by atoms with E-state index >= 15 is 0 Å². The largest absolute Gasteiger partial charge is 0.497 e. The van der Waals surface area contributed by atoms with Crippen molar-refractivity contribution < 1.29 is 9.53 Å². The van der Waals surface area contributed by atoms with Gasteiger partial charge in [0.15, 0.2) is 0 Å². The van der Waals surface area contributed by atoms with Crippen molar-refractivity contribution in [1.29, 1.82) is 0 Å². The van der Waals surface area contributed by atoms with Crippen molar-refractivity contribution in [1.82, 2.24) is 4.98 Å². The number of carbonyl (C=O) groups is 1. The second-order valence-electron chi connectivity index (χ2n) is 4.43. The van der Waals surface area contributed by atoms with Crippen LogP contribution in [0, 0.1) is 0 Å². The van der Waals surface area contributed by atoms with E-state index in [1.165, 1.54) is 0 Å². The smallest absolute Gasteiger partial charge is 0.224 e. The molecular formula is C15H18N2O2. The highest BCUT2D eigenvalue weighted by Gasteiger charge is 2.04. The van der Waals surface area contributed by atoms with Crippen LogP contribution in [0.15, 0.2) is 30.5 Å². The molecule has 1 amide bonds. The molecule has 1 aromatic heterocycles. The summed E-state index contributed by atoms with van der Waals surface area (Å²) in [7, 11) is 1.63. The lowest BCUT2D eigenvalue weighted by molar-refractivity contribution is -0.116. The number of pyridine rings is 1. The van der Waals surface area contributed by atoms with Gasteiger partial charge in [-0.05, 0) is 24.6 Å². The maximum Gasteiger partial charge on any atom is 0.224 e. The first-order valence-corrected chi connectivity index (χ1v) is 6.46. The van der Waals surface area contributed by atoms with Gasteiger partial charge in [-0.15, -0.1) is 0 Å². The number of rotatable bonds is 5. The number of unbranched alkanes of at least 4 members (excludes halogenated alkanes) is 1. The molecule has 0 bridgehead atoms. The van der Waals surface area contributed by atoms with Crippen LogP contribution in [0.25, 0.3) is 10.9 Å². The van der Waals surface area contributed by atoms with E-state index in [1.54, 1.807) is 13.3 Å². The van der Waals surface area contributed by atoms with E-state index in [-0.39, 0.29) is 5.91 Å². The Balaban J connectivity index is 2.15. The highest BCUT2D eigenvalue weighted by molar-refractivity contribution is 5.93. The zero-order chi connectivity index (χ0) is 13.7. The van der Waals surface area contributed by atoms with Gasteiger partial charge in [-0.2, -0.15) is 0 Å². The highest BCUT2D eigenvalue weighted by Crippen LogP contribution is 2.21. The third kappa shape index (κ3) is 3.44. The summed E-state index contributed by atoms with van der Waals surface area (Å²) < 4.78 is 5.15. The van der Waals surface area contributed by atoms with Crippen molar-refractivity contribution in [3.63, 3.8) is 0 Å². The Morgan fingerprint density at radius 3 is 2.95 bits per heavy atom. The van der Waals surface area contributed by atoms with Gasteiger partial charge >= 0.3 is 0 Å². The topological polar surface area (TPSA) is 51.2 Å². The second-order valence-corrected chi connectivity index (χ2v) is 4.43. The molecule has 1 heterocycles. The quantitative estimate of drug-likeness (QED) is 0.894. The minimum absolute atomic E-state index is 0.0384. The third-order valence-corrected chi connectivity index (χ3v) is 2.93. The van der Waals surface area contributed by atoms with Crippen LogP contribution in [-0.4, -0.2) is 18.0 Å². The van der Waals surface area contributed by atoms with Crippen LogP contribution in [0.1, 0.15) is 26.2 Å². The molecule has 1 N–H and O–H groups in total. The number of anilines is 1. The number of carbonyl (C=O) groups excluding carboxylic acids is 1. The SMILES string of the molecule is CCCCC(=O)Nc1cnc2cc(OC)ccc2c1. The monoisotopic (exact) mass is 258 g/mol. The number of aromatic nitrogens is 1. The molecule has 1 aromatic carbocycles. The Labute approximate surface area is 112 Å². The number of nitrogens with zero attached hydrogens (tertiary/aromatic N) is 1. The van der Waals surface area contributed by atoms with Crippen molar-refractivity contribution in [3.8, 4) is 5.75 Å². The fourth-order valence-electron chi connectivity index (χ4n) is 1.86. The van der Waals surface area contributed by atoms with E-state index < -0.39 is 0 Å². The van der Waals surface area contributed by atoms with Gasteiger partial charge in [0, 0.05) is 17.9 Å². The van der Waals surface area contributed by atoms with Crippen molar-refractivity contribution in [2.45, 2.75) is 26.2 Å². The van der Waals surface area contributed by atoms with Gasteiger partial charge < -0.3 is 10.1 Å². The maximum atomic E-state index is 11.6. The molecular weight excluding hydrogens is 240 g/mol. The van der Waals surface area contributed by atoms with Crippen LogP contribution in [-0.2, 0) is 4.79 Å². The molecule has 0 aliphatic rings. The summed E-state index contributed by atoms with van der Waals surface area (Å²) in [5.41, 5.74) is 1.59. The van der Waals surface area contributed by atoms with Gasteiger partial charge in [0.25, 0.3) is 0 Å². The Hall–Kier alpha value is -2.10. The van der Waals surface area contributed by atoms with Crippen molar-refractivity contribution in [3.05, 3.63) is 30.5 Å². The van der Waals surface area contributed by atoms with Crippen molar-refractivity contribution in [2.24, 2.45) is 0 Å². The molecule has 100 valence electrons. The van der Waals surface area contributed by atoms with Crippen LogP contribution in [0.5, 0.6) is 5.75 Å². The van der Waals surface area contributed by atoms with E-state index in [4.69, 9.17) is 4.74 Å². The van der Waals surface area contributed by atoms with Crippen LogP contribution in [0.4, 0.5) is 5.69 Å². The lowest BCUT2D eigenvalue weighted by atomic mass is 10.2. The van der Waals surface area contributed by atoms with E-state index in [1.807, 2.05) is 24.3 Å².